The molecule has 1 saturated heterocycles. The fraction of sp³-hybridized carbons (Fsp3) is 0.529. The number of carbonyl (C=O) groups is 2. The maximum Gasteiger partial charge on any atom is 0.410 e. The number of hydrogen-bond donors (Lipinski definition) is 0. The lowest BCUT2D eigenvalue weighted by atomic mass is 10.2. The highest BCUT2D eigenvalue weighted by Gasteiger charge is 2.33. The summed E-state index contributed by atoms with van der Waals surface area (Å²) in [5, 5.41) is 0. The first kappa shape index (κ1) is 14.9. The number of hydrogen-bond acceptors (Lipinski definition) is 3. The Labute approximate surface area is 130 Å². The van der Waals surface area contributed by atoms with Gasteiger partial charge in [-0.25, -0.2) is 4.79 Å². The Morgan fingerprint density at radius 2 is 1.86 bits per heavy atom. The van der Waals surface area contributed by atoms with E-state index in [0.29, 0.717) is 19.1 Å². The molecule has 0 N–H and O–H groups in total. The van der Waals surface area contributed by atoms with Crippen molar-refractivity contribution in [3.8, 4) is 0 Å². The molecule has 22 heavy (non-hydrogen) atoms. The summed E-state index contributed by atoms with van der Waals surface area (Å²) in [6.07, 6.45) is 4.21. The predicted octanol–water partition coefficient (Wildman–Crippen LogP) is 2.41. The summed E-state index contributed by atoms with van der Waals surface area (Å²) in [5.41, 5.74) is 0.951. The van der Waals surface area contributed by atoms with Gasteiger partial charge in [0.25, 0.3) is 0 Å². The van der Waals surface area contributed by atoms with Crippen molar-refractivity contribution in [3.05, 3.63) is 35.9 Å². The number of benzene rings is 1. The van der Waals surface area contributed by atoms with Crippen LogP contribution < -0.4 is 0 Å². The zero-order chi connectivity index (χ0) is 15.4. The second-order valence-corrected chi connectivity index (χ2v) is 5.99. The number of nitrogens with zero attached hydrogens (tertiary/aromatic N) is 2. The van der Waals surface area contributed by atoms with E-state index in [0.717, 1.165) is 18.4 Å². The number of ether oxygens (including phenoxy) is 1. The molecule has 1 aliphatic carbocycles. The lowest BCUT2D eigenvalue weighted by Crippen LogP contribution is -2.54. The Balaban J connectivity index is 1.49. The van der Waals surface area contributed by atoms with Gasteiger partial charge in [-0.2, -0.15) is 0 Å². The van der Waals surface area contributed by atoms with E-state index in [4.69, 9.17) is 4.74 Å². The van der Waals surface area contributed by atoms with Gasteiger partial charge in [-0.05, 0) is 18.4 Å². The van der Waals surface area contributed by atoms with Crippen LogP contribution >= 0.6 is 0 Å². The molecule has 5 nitrogen and oxygen atoms in total. The van der Waals surface area contributed by atoms with Crippen LogP contribution in [0, 0.1) is 0 Å². The number of rotatable bonds is 3. The zero-order valence-electron chi connectivity index (χ0n) is 12.7. The van der Waals surface area contributed by atoms with Gasteiger partial charge >= 0.3 is 6.09 Å². The quantitative estimate of drug-likeness (QED) is 0.861. The number of amides is 2. The van der Waals surface area contributed by atoms with E-state index in [1.54, 1.807) is 0 Å². The molecule has 5 heteroatoms. The molecule has 118 valence electrons. The van der Waals surface area contributed by atoms with Gasteiger partial charge in [0.05, 0.1) is 0 Å². The molecule has 1 saturated carbocycles. The molecule has 3 rings (SSSR count). The van der Waals surface area contributed by atoms with E-state index in [-0.39, 0.29) is 19.1 Å². The first-order valence-corrected chi connectivity index (χ1v) is 7.99. The van der Waals surface area contributed by atoms with Crippen molar-refractivity contribution in [2.45, 2.75) is 38.3 Å². The molecule has 0 aromatic heterocycles. The number of carbonyl (C=O) groups excluding carboxylic acids is 2. The smallest absolute Gasteiger partial charge is 0.410 e. The average molecular weight is 302 g/mol. The lowest BCUT2D eigenvalue weighted by Gasteiger charge is -2.37. The molecule has 1 aromatic carbocycles. The molecule has 2 amide bonds. The molecule has 1 heterocycles. The fourth-order valence-corrected chi connectivity index (χ4v) is 3.25. The van der Waals surface area contributed by atoms with Crippen LogP contribution in [0.4, 0.5) is 4.79 Å². The summed E-state index contributed by atoms with van der Waals surface area (Å²) in [4.78, 5) is 27.8. The Bertz CT molecular complexity index is 526. The highest BCUT2D eigenvalue weighted by Crippen LogP contribution is 2.25. The van der Waals surface area contributed by atoms with Gasteiger partial charge in [0, 0.05) is 19.1 Å². The fourth-order valence-electron chi connectivity index (χ4n) is 3.25. The van der Waals surface area contributed by atoms with Gasteiger partial charge in [0.15, 0.2) is 0 Å². The van der Waals surface area contributed by atoms with Crippen molar-refractivity contribution in [2.24, 2.45) is 0 Å². The molecule has 2 fully saturated rings. The van der Waals surface area contributed by atoms with Gasteiger partial charge in [-0.15, -0.1) is 0 Å². The van der Waals surface area contributed by atoms with Gasteiger partial charge in [0.1, 0.15) is 13.2 Å². The van der Waals surface area contributed by atoms with E-state index >= 15 is 0 Å². The van der Waals surface area contributed by atoms with Gasteiger partial charge in [0.2, 0.25) is 5.91 Å². The molecule has 0 atom stereocenters. The summed E-state index contributed by atoms with van der Waals surface area (Å²) in [6, 6.07) is 9.95. The van der Waals surface area contributed by atoms with Crippen LogP contribution in [0.25, 0.3) is 0 Å². The predicted molar refractivity (Wildman–Crippen MR) is 82.2 cm³/mol. The Morgan fingerprint density at radius 1 is 1.14 bits per heavy atom. The maximum absolute atomic E-state index is 12.2. The largest absolute Gasteiger partial charge is 0.445 e. The Hall–Kier alpha value is -2.04. The molecule has 0 unspecified atom stereocenters. The maximum atomic E-state index is 12.2. The van der Waals surface area contributed by atoms with Crippen molar-refractivity contribution >= 4 is 12.0 Å². The van der Waals surface area contributed by atoms with Crippen LogP contribution in [-0.2, 0) is 16.1 Å². The summed E-state index contributed by atoms with van der Waals surface area (Å²) < 4.78 is 5.29. The molecule has 1 aliphatic heterocycles. The number of piperazine rings is 1. The molecule has 0 bridgehead atoms. The van der Waals surface area contributed by atoms with E-state index in [1.807, 2.05) is 35.2 Å². The third-order valence-electron chi connectivity index (χ3n) is 4.49. The minimum absolute atomic E-state index is 0.0508. The summed E-state index contributed by atoms with van der Waals surface area (Å²) in [7, 11) is 0. The average Bonchev–Trinajstić information content (AvgIpc) is 3.07. The van der Waals surface area contributed by atoms with Gasteiger partial charge in [-0.3, -0.25) is 9.69 Å². The highest BCUT2D eigenvalue weighted by molar-refractivity contribution is 5.83. The summed E-state index contributed by atoms with van der Waals surface area (Å²) in [5.74, 6) is 0.0508. The standard InChI is InChI=1S/C17H22N2O3/c20-16-12-18(10-11-19(16)15-8-4-5-9-15)17(21)22-13-14-6-2-1-3-7-14/h1-3,6-7,15H,4-5,8-13H2. The van der Waals surface area contributed by atoms with Crippen LogP contribution in [0.3, 0.4) is 0 Å². The third-order valence-corrected chi connectivity index (χ3v) is 4.49. The van der Waals surface area contributed by atoms with E-state index in [1.165, 1.54) is 17.7 Å². The van der Waals surface area contributed by atoms with Crippen molar-refractivity contribution < 1.29 is 14.3 Å². The van der Waals surface area contributed by atoms with E-state index in [9.17, 15) is 9.59 Å². The summed E-state index contributed by atoms with van der Waals surface area (Å²) >= 11 is 0. The second-order valence-electron chi connectivity index (χ2n) is 5.99. The monoisotopic (exact) mass is 302 g/mol. The lowest BCUT2D eigenvalue weighted by molar-refractivity contribution is -0.137. The Kier molecular flexibility index (Phi) is 4.61. The van der Waals surface area contributed by atoms with E-state index < -0.39 is 6.09 Å². The first-order chi connectivity index (χ1) is 10.7. The van der Waals surface area contributed by atoms with Crippen LogP contribution in [-0.4, -0.2) is 47.5 Å². The van der Waals surface area contributed by atoms with Crippen LogP contribution in [0.2, 0.25) is 0 Å². The van der Waals surface area contributed by atoms with Crippen LogP contribution in [0.15, 0.2) is 30.3 Å². The van der Waals surface area contributed by atoms with Crippen LogP contribution in [0.1, 0.15) is 31.2 Å². The van der Waals surface area contributed by atoms with Crippen molar-refractivity contribution in [1.82, 2.24) is 9.80 Å². The van der Waals surface area contributed by atoms with Crippen molar-refractivity contribution in [2.75, 3.05) is 19.6 Å². The SMILES string of the molecule is O=C(OCc1ccccc1)N1CCN(C2CCCC2)C(=O)C1. The van der Waals surface area contributed by atoms with Crippen LogP contribution in [0.5, 0.6) is 0 Å². The van der Waals surface area contributed by atoms with Gasteiger partial charge < -0.3 is 9.64 Å². The van der Waals surface area contributed by atoms with E-state index in [2.05, 4.69) is 0 Å². The second kappa shape index (κ2) is 6.81. The summed E-state index contributed by atoms with van der Waals surface area (Å²) in [6.45, 7) is 1.58. The first-order valence-electron chi connectivity index (χ1n) is 7.99. The third kappa shape index (κ3) is 3.40. The van der Waals surface area contributed by atoms with Gasteiger partial charge in [-0.1, -0.05) is 43.2 Å². The Morgan fingerprint density at radius 3 is 2.55 bits per heavy atom. The molecule has 1 aromatic rings. The normalized spacial score (nSPS) is 19.5. The molecular formula is C17H22N2O3. The minimum atomic E-state index is -0.400. The minimum Gasteiger partial charge on any atom is -0.445 e. The molecule has 0 radical (unpaired) electrons. The molecule has 2 aliphatic rings. The highest BCUT2D eigenvalue weighted by atomic mass is 16.6. The zero-order valence-corrected chi connectivity index (χ0v) is 12.7. The van der Waals surface area contributed by atoms with Crippen molar-refractivity contribution in [1.29, 1.82) is 0 Å². The molecular weight excluding hydrogens is 280 g/mol. The molecule has 0 spiro atoms. The van der Waals surface area contributed by atoms with Crippen molar-refractivity contribution in [3.63, 3.8) is 0 Å². The topological polar surface area (TPSA) is 49.9 Å².